The van der Waals surface area contributed by atoms with Crippen molar-refractivity contribution < 1.29 is 19.0 Å². The fraction of sp³-hybridized carbons (Fsp3) is 0.214. The first kappa shape index (κ1) is 14.4. The lowest BCUT2D eigenvalue weighted by Gasteiger charge is -2.13. The monoisotopic (exact) mass is 296 g/mol. The van der Waals surface area contributed by atoms with Gasteiger partial charge in [-0.1, -0.05) is 17.7 Å². The molecule has 0 radical (unpaired) electrons. The van der Waals surface area contributed by atoms with Gasteiger partial charge in [-0.25, -0.2) is 0 Å². The summed E-state index contributed by atoms with van der Waals surface area (Å²) in [7, 11) is 1.48. The fourth-order valence-corrected chi connectivity index (χ4v) is 1.99. The highest BCUT2D eigenvalue weighted by Crippen LogP contribution is 2.35. The molecule has 1 aromatic carbocycles. The third kappa shape index (κ3) is 2.50. The first-order chi connectivity index (χ1) is 9.60. The van der Waals surface area contributed by atoms with Crippen LogP contribution >= 0.6 is 11.6 Å². The Morgan fingerprint density at radius 2 is 2.30 bits per heavy atom. The molecule has 1 N–H and O–H groups in total. The number of ether oxygens (including phenoxy) is 2. The number of fused-ring (bicyclic) bond motifs is 1. The van der Waals surface area contributed by atoms with E-state index in [1.807, 2.05) is 0 Å². The second-order valence-electron chi connectivity index (χ2n) is 4.03. The Morgan fingerprint density at radius 3 is 2.95 bits per heavy atom. The van der Waals surface area contributed by atoms with Gasteiger partial charge in [0.1, 0.15) is 33.8 Å². The average molecular weight is 297 g/mol. The number of hydrogen-bond donors (Lipinski definition) is 1. The topological polar surface area (TPSA) is 68.9 Å². The smallest absolute Gasteiger partial charge is 0.215 e. The molecule has 0 fully saturated rings. The molecule has 0 aliphatic heterocycles. The Kier molecular flexibility index (Phi) is 4.32. The van der Waals surface area contributed by atoms with Crippen LogP contribution in [0.4, 0.5) is 0 Å². The molecule has 2 rings (SSSR count). The SMILES string of the molecule is C=CCc1c(OCOC)cc2occ(Cl)c(=O)c2c1O. The van der Waals surface area contributed by atoms with Gasteiger partial charge in [0.05, 0.1) is 0 Å². The lowest BCUT2D eigenvalue weighted by Crippen LogP contribution is -2.06. The summed E-state index contributed by atoms with van der Waals surface area (Å²) in [5.41, 5.74) is 0.129. The first-order valence-electron chi connectivity index (χ1n) is 5.78. The van der Waals surface area contributed by atoms with Crippen molar-refractivity contribution in [3.8, 4) is 11.5 Å². The second-order valence-corrected chi connectivity index (χ2v) is 4.44. The molecule has 0 unspecified atom stereocenters. The van der Waals surface area contributed by atoms with Gasteiger partial charge >= 0.3 is 0 Å². The lowest BCUT2D eigenvalue weighted by molar-refractivity contribution is 0.0504. The predicted octanol–water partition coefficient (Wildman–Crippen LogP) is 2.86. The molecule has 0 saturated heterocycles. The number of phenols is 1. The van der Waals surface area contributed by atoms with Crippen LogP contribution in [0.2, 0.25) is 5.02 Å². The molecule has 1 heterocycles. The summed E-state index contributed by atoms with van der Waals surface area (Å²) in [5, 5.41) is 10.2. The van der Waals surface area contributed by atoms with Crippen LogP contribution < -0.4 is 10.2 Å². The number of halogens is 1. The molecule has 6 heteroatoms. The summed E-state index contributed by atoms with van der Waals surface area (Å²) in [6.45, 7) is 3.62. The third-order valence-electron chi connectivity index (χ3n) is 2.74. The van der Waals surface area contributed by atoms with Gasteiger partial charge in [0.25, 0.3) is 0 Å². The van der Waals surface area contributed by atoms with Gasteiger partial charge in [0.15, 0.2) is 6.79 Å². The molecule has 5 nitrogen and oxygen atoms in total. The highest BCUT2D eigenvalue weighted by Gasteiger charge is 2.18. The molecule has 0 spiro atoms. The van der Waals surface area contributed by atoms with E-state index in [1.165, 1.54) is 13.2 Å². The maximum atomic E-state index is 12.0. The first-order valence-corrected chi connectivity index (χ1v) is 6.16. The minimum absolute atomic E-state index is 0.00686. The van der Waals surface area contributed by atoms with Crippen LogP contribution in [0.1, 0.15) is 5.56 Å². The Labute approximate surface area is 120 Å². The van der Waals surface area contributed by atoms with Crippen LogP contribution in [0.15, 0.2) is 34.2 Å². The summed E-state index contributed by atoms with van der Waals surface area (Å²) < 4.78 is 15.4. The maximum Gasteiger partial charge on any atom is 0.215 e. The third-order valence-corrected chi connectivity index (χ3v) is 3.00. The molecule has 0 aliphatic carbocycles. The number of hydrogen-bond acceptors (Lipinski definition) is 5. The van der Waals surface area contributed by atoms with Crippen molar-refractivity contribution in [2.45, 2.75) is 6.42 Å². The van der Waals surface area contributed by atoms with Crippen molar-refractivity contribution >= 4 is 22.6 Å². The van der Waals surface area contributed by atoms with Crippen LogP contribution in [0.25, 0.3) is 11.0 Å². The van der Waals surface area contributed by atoms with Crippen LogP contribution in [-0.2, 0) is 11.2 Å². The molecular formula is C14H13ClO5. The van der Waals surface area contributed by atoms with E-state index in [9.17, 15) is 9.90 Å². The Bertz CT molecular complexity index is 705. The van der Waals surface area contributed by atoms with Gasteiger partial charge in [0.2, 0.25) is 5.43 Å². The largest absolute Gasteiger partial charge is 0.507 e. The standard InChI is InChI=1S/C14H13ClO5/c1-3-4-8-10(20-7-18-2)5-11-12(13(8)16)14(17)9(15)6-19-11/h3,5-6,16H,1,4,7H2,2H3. The van der Waals surface area contributed by atoms with Crippen molar-refractivity contribution in [2.75, 3.05) is 13.9 Å². The van der Waals surface area contributed by atoms with Crippen molar-refractivity contribution in [1.29, 1.82) is 0 Å². The van der Waals surface area contributed by atoms with E-state index in [4.69, 9.17) is 25.5 Å². The van der Waals surface area contributed by atoms with E-state index in [2.05, 4.69) is 6.58 Å². The zero-order valence-corrected chi connectivity index (χ0v) is 11.6. The van der Waals surface area contributed by atoms with Crippen LogP contribution in [0, 0.1) is 0 Å². The van der Waals surface area contributed by atoms with Crippen molar-refractivity contribution in [2.24, 2.45) is 0 Å². The zero-order valence-electron chi connectivity index (χ0n) is 10.8. The number of allylic oxidation sites excluding steroid dienone is 1. The van der Waals surface area contributed by atoms with Gasteiger partial charge in [-0.3, -0.25) is 4.79 Å². The molecular weight excluding hydrogens is 284 g/mol. The summed E-state index contributed by atoms with van der Waals surface area (Å²) in [6, 6.07) is 1.52. The zero-order chi connectivity index (χ0) is 14.7. The Morgan fingerprint density at radius 1 is 1.55 bits per heavy atom. The van der Waals surface area contributed by atoms with Crippen molar-refractivity contribution in [1.82, 2.24) is 0 Å². The van der Waals surface area contributed by atoms with E-state index in [-0.39, 0.29) is 28.5 Å². The number of aromatic hydroxyl groups is 1. The van der Waals surface area contributed by atoms with Crippen LogP contribution in [-0.4, -0.2) is 19.0 Å². The Balaban J connectivity index is 2.74. The quantitative estimate of drug-likeness (QED) is 0.679. The normalized spacial score (nSPS) is 10.7. The summed E-state index contributed by atoms with van der Waals surface area (Å²) in [5.74, 6) is 0.145. The van der Waals surface area contributed by atoms with Gasteiger partial charge in [0, 0.05) is 18.7 Å². The maximum absolute atomic E-state index is 12.0. The van der Waals surface area contributed by atoms with Crippen molar-refractivity contribution in [3.05, 3.63) is 45.8 Å². The Hall–Kier alpha value is -1.98. The summed E-state index contributed by atoms with van der Waals surface area (Å²) >= 11 is 5.72. The number of methoxy groups -OCH3 is 1. The van der Waals surface area contributed by atoms with Gasteiger partial charge in [-0.05, 0) is 6.42 Å². The van der Waals surface area contributed by atoms with Gasteiger partial charge in [-0.15, -0.1) is 6.58 Å². The second kappa shape index (κ2) is 5.98. The van der Waals surface area contributed by atoms with E-state index in [0.717, 1.165) is 6.26 Å². The highest BCUT2D eigenvalue weighted by atomic mass is 35.5. The van der Waals surface area contributed by atoms with E-state index in [1.54, 1.807) is 6.08 Å². The number of phenolic OH excluding ortho intramolecular Hbond substituents is 1. The molecule has 20 heavy (non-hydrogen) atoms. The van der Waals surface area contributed by atoms with Crippen LogP contribution in [0.5, 0.6) is 11.5 Å². The van der Waals surface area contributed by atoms with Gasteiger partial charge in [-0.2, -0.15) is 0 Å². The van der Waals surface area contributed by atoms with E-state index < -0.39 is 5.43 Å². The van der Waals surface area contributed by atoms with Crippen molar-refractivity contribution in [3.63, 3.8) is 0 Å². The molecule has 2 aromatic rings. The molecule has 0 aliphatic rings. The minimum Gasteiger partial charge on any atom is -0.507 e. The minimum atomic E-state index is -0.492. The fourth-order valence-electron chi connectivity index (χ4n) is 1.86. The number of benzene rings is 1. The molecule has 0 bridgehead atoms. The summed E-state index contributed by atoms with van der Waals surface area (Å²) in [6.07, 6.45) is 3.04. The molecule has 0 atom stereocenters. The molecule has 106 valence electrons. The van der Waals surface area contributed by atoms with E-state index >= 15 is 0 Å². The van der Waals surface area contributed by atoms with Crippen LogP contribution in [0.3, 0.4) is 0 Å². The highest BCUT2D eigenvalue weighted by molar-refractivity contribution is 6.30. The predicted molar refractivity (Wildman–Crippen MR) is 75.6 cm³/mol. The molecule has 1 aromatic heterocycles. The number of rotatable bonds is 5. The average Bonchev–Trinajstić information content (AvgIpc) is 2.44. The lowest BCUT2D eigenvalue weighted by atomic mass is 10.1. The van der Waals surface area contributed by atoms with E-state index in [0.29, 0.717) is 17.7 Å². The van der Waals surface area contributed by atoms with Gasteiger partial charge < -0.3 is 19.0 Å². The molecule has 0 saturated carbocycles. The summed E-state index contributed by atoms with van der Waals surface area (Å²) in [4.78, 5) is 12.0. The molecule has 0 amide bonds.